The zero-order valence-corrected chi connectivity index (χ0v) is 13.4. The van der Waals surface area contributed by atoms with E-state index in [1.807, 2.05) is 0 Å². The van der Waals surface area contributed by atoms with Crippen LogP contribution in [0.4, 0.5) is 0 Å². The molecule has 0 aromatic heterocycles. The van der Waals surface area contributed by atoms with E-state index >= 15 is 0 Å². The molecule has 1 rings (SSSR count). The Kier molecular flexibility index (Phi) is 8.02. The fraction of sp³-hybridized carbons (Fsp3) is 1.00. The minimum absolute atomic E-state index is 0.986. The summed E-state index contributed by atoms with van der Waals surface area (Å²) in [6, 6.07) is 0. The molecule has 0 nitrogen and oxygen atoms in total. The van der Waals surface area contributed by atoms with Gasteiger partial charge in [0.25, 0.3) is 0 Å². The van der Waals surface area contributed by atoms with Crippen LogP contribution in [0, 0.1) is 23.7 Å². The normalized spacial score (nSPS) is 30.3. The van der Waals surface area contributed by atoms with Crippen molar-refractivity contribution in [3.8, 4) is 0 Å². The number of unbranched alkanes of at least 4 members (excludes halogenated alkanes) is 4. The summed E-state index contributed by atoms with van der Waals surface area (Å²) in [5.41, 5.74) is 0. The minimum Gasteiger partial charge on any atom is -0.0654 e. The lowest BCUT2D eigenvalue weighted by atomic mass is 9.68. The molecule has 0 amide bonds. The third-order valence-electron chi connectivity index (χ3n) is 5.33. The first kappa shape index (κ1) is 16.1. The van der Waals surface area contributed by atoms with E-state index < -0.39 is 0 Å². The maximum atomic E-state index is 2.51. The van der Waals surface area contributed by atoms with E-state index in [4.69, 9.17) is 0 Å². The maximum Gasteiger partial charge on any atom is -0.0358 e. The van der Waals surface area contributed by atoms with Crippen molar-refractivity contribution < 1.29 is 0 Å². The summed E-state index contributed by atoms with van der Waals surface area (Å²) in [6.45, 7) is 9.70. The molecule has 0 heteroatoms. The Morgan fingerprint density at radius 3 is 2.33 bits per heavy atom. The van der Waals surface area contributed by atoms with Gasteiger partial charge in [0.1, 0.15) is 0 Å². The van der Waals surface area contributed by atoms with Gasteiger partial charge >= 0.3 is 0 Å². The standard InChI is InChI=1S/C18H36/c1-5-7-8-9-10-11-17(6-2)18-14-15(3)12-13-16(18)4/h15-18H,5-14H2,1-4H3. The molecule has 0 saturated heterocycles. The van der Waals surface area contributed by atoms with Crippen LogP contribution in [0.25, 0.3) is 0 Å². The van der Waals surface area contributed by atoms with Crippen LogP contribution in [0.5, 0.6) is 0 Å². The second-order valence-corrected chi connectivity index (χ2v) is 6.93. The lowest BCUT2D eigenvalue weighted by molar-refractivity contribution is 0.127. The van der Waals surface area contributed by atoms with Crippen LogP contribution >= 0.6 is 0 Å². The van der Waals surface area contributed by atoms with Crippen molar-refractivity contribution >= 4 is 0 Å². The highest BCUT2D eigenvalue weighted by molar-refractivity contribution is 4.81. The van der Waals surface area contributed by atoms with Gasteiger partial charge in [-0.2, -0.15) is 0 Å². The molecule has 1 fully saturated rings. The van der Waals surface area contributed by atoms with E-state index in [1.165, 1.54) is 64.2 Å². The van der Waals surface area contributed by atoms with Crippen LogP contribution in [0.2, 0.25) is 0 Å². The molecular formula is C18H36. The van der Waals surface area contributed by atoms with E-state index in [0.29, 0.717) is 0 Å². The van der Waals surface area contributed by atoms with Gasteiger partial charge in [-0.1, -0.05) is 85.5 Å². The Balaban J connectivity index is 2.30. The summed E-state index contributed by atoms with van der Waals surface area (Å²) >= 11 is 0. The monoisotopic (exact) mass is 252 g/mol. The molecule has 0 N–H and O–H groups in total. The summed E-state index contributed by atoms with van der Waals surface area (Å²) < 4.78 is 0. The van der Waals surface area contributed by atoms with Crippen LogP contribution in [-0.4, -0.2) is 0 Å². The Labute approximate surface area is 116 Å². The predicted molar refractivity (Wildman–Crippen MR) is 82.8 cm³/mol. The van der Waals surface area contributed by atoms with Gasteiger partial charge in [-0.3, -0.25) is 0 Å². The summed E-state index contributed by atoms with van der Waals surface area (Å²) in [6.07, 6.45) is 14.6. The highest BCUT2D eigenvalue weighted by atomic mass is 14.4. The van der Waals surface area contributed by atoms with Gasteiger partial charge in [0.2, 0.25) is 0 Å². The van der Waals surface area contributed by atoms with Crippen molar-refractivity contribution in [2.45, 2.75) is 91.9 Å². The number of rotatable bonds is 8. The van der Waals surface area contributed by atoms with E-state index in [-0.39, 0.29) is 0 Å². The van der Waals surface area contributed by atoms with Crippen LogP contribution in [-0.2, 0) is 0 Å². The summed E-state index contributed by atoms with van der Waals surface area (Å²) in [4.78, 5) is 0. The lowest BCUT2D eigenvalue weighted by Gasteiger charge is -2.38. The molecule has 0 aromatic carbocycles. The lowest BCUT2D eigenvalue weighted by Crippen LogP contribution is -2.28. The molecule has 1 aliphatic carbocycles. The van der Waals surface area contributed by atoms with Gasteiger partial charge in [-0.25, -0.2) is 0 Å². The van der Waals surface area contributed by atoms with Crippen molar-refractivity contribution in [2.24, 2.45) is 23.7 Å². The Morgan fingerprint density at radius 1 is 0.944 bits per heavy atom. The third-order valence-corrected chi connectivity index (χ3v) is 5.33. The first-order valence-corrected chi connectivity index (χ1v) is 8.69. The Hall–Kier alpha value is 0. The van der Waals surface area contributed by atoms with Crippen molar-refractivity contribution in [1.29, 1.82) is 0 Å². The summed E-state index contributed by atoms with van der Waals surface area (Å²) in [5, 5.41) is 0. The fourth-order valence-electron chi connectivity index (χ4n) is 3.96. The van der Waals surface area contributed by atoms with Gasteiger partial charge in [0, 0.05) is 0 Å². The number of hydrogen-bond donors (Lipinski definition) is 0. The molecule has 108 valence electrons. The quantitative estimate of drug-likeness (QED) is 0.436. The van der Waals surface area contributed by atoms with Crippen LogP contribution in [0.1, 0.15) is 91.9 Å². The van der Waals surface area contributed by atoms with E-state index in [0.717, 1.165) is 23.7 Å². The van der Waals surface area contributed by atoms with Crippen LogP contribution in [0.15, 0.2) is 0 Å². The Bertz CT molecular complexity index is 196. The van der Waals surface area contributed by atoms with Crippen molar-refractivity contribution in [1.82, 2.24) is 0 Å². The molecule has 0 spiro atoms. The average molecular weight is 252 g/mol. The smallest absolute Gasteiger partial charge is 0.0358 e. The second-order valence-electron chi connectivity index (χ2n) is 6.93. The van der Waals surface area contributed by atoms with Gasteiger partial charge in [-0.05, 0) is 30.1 Å². The molecule has 4 atom stereocenters. The largest absolute Gasteiger partial charge is 0.0654 e. The second kappa shape index (κ2) is 8.99. The van der Waals surface area contributed by atoms with E-state index in [1.54, 1.807) is 0 Å². The van der Waals surface area contributed by atoms with E-state index in [2.05, 4.69) is 27.7 Å². The Morgan fingerprint density at radius 2 is 1.67 bits per heavy atom. The number of hydrogen-bond acceptors (Lipinski definition) is 0. The van der Waals surface area contributed by atoms with Crippen LogP contribution in [0.3, 0.4) is 0 Å². The molecule has 0 radical (unpaired) electrons. The van der Waals surface area contributed by atoms with Gasteiger partial charge in [-0.15, -0.1) is 0 Å². The molecule has 0 aliphatic heterocycles. The predicted octanol–water partition coefficient (Wildman–Crippen LogP) is 6.45. The highest BCUT2D eigenvalue weighted by Crippen LogP contribution is 2.40. The van der Waals surface area contributed by atoms with Crippen molar-refractivity contribution in [3.63, 3.8) is 0 Å². The first-order chi connectivity index (χ1) is 8.69. The molecule has 1 saturated carbocycles. The zero-order chi connectivity index (χ0) is 13.4. The zero-order valence-electron chi connectivity index (χ0n) is 13.4. The third kappa shape index (κ3) is 5.33. The SMILES string of the molecule is CCCCCCCC(CC)C1CC(C)CCC1C. The van der Waals surface area contributed by atoms with E-state index in [9.17, 15) is 0 Å². The van der Waals surface area contributed by atoms with Gasteiger partial charge in [0.05, 0.1) is 0 Å². The average Bonchev–Trinajstić information content (AvgIpc) is 2.37. The maximum absolute atomic E-state index is 2.51. The summed E-state index contributed by atoms with van der Waals surface area (Å²) in [7, 11) is 0. The van der Waals surface area contributed by atoms with Crippen molar-refractivity contribution in [2.75, 3.05) is 0 Å². The molecule has 0 aromatic rings. The molecular weight excluding hydrogens is 216 g/mol. The van der Waals surface area contributed by atoms with Crippen molar-refractivity contribution in [3.05, 3.63) is 0 Å². The molecule has 0 bridgehead atoms. The highest BCUT2D eigenvalue weighted by Gasteiger charge is 2.30. The van der Waals surface area contributed by atoms with Gasteiger partial charge in [0.15, 0.2) is 0 Å². The first-order valence-electron chi connectivity index (χ1n) is 8.69. The van der Waals surface area contributed by atoms with Gasteiger partial charge < -0.3 is 0 Å². The molecule has 1 aliphatic rings. The topological polar surface area (TPSA) is 0 Å². The minimum atomic E-state index is 0.986. The fourth-order valence-corrected chi connectivity index (χ4v) is 3.96. The molecule has 0 heterocycles. The molecule has 18 heavy (non-hydrogen) atoms. The van der Waals surface area contributed by atoms with Crippen LogP contribution < -0.4 is 0 Å². The summed E-state index contributed by atoms with van der Waals surface area (Å²) in [5.74, 6) is 4.02. The molecule has 4 unspecified atom stereocenters.